The molecule has 1 N–H and O–H groups in total. The monoisotopic (exact) mass is 265 g/mol. The first-order valence-corrected chi connectivity index (χ1v) is 7.69. The Bertz CT molecular complexity index is 529. The fourth-order valence-corrected chi connectivity index (χ4v) is 3.33. The van der Waals surface area contributed by atoms with Crippen molar-refractivity contribution in [3.8, 4) is 11.1 Å². The molecule has 0 amide bonds. The lowest BCUT2D eigenvalue weighted by Crippen LogP contribution is -2.30. The largest absolute Gasteiger partial charge is 0.317 e. The molecule has 1 nitrogen and oxygen atoms in total. The molecule has 1 heteroatoms. The maximum Gasteiger partial charge on any atom is 0.00698 e. The van der Waals surface area contributed by atoms with Crippen LogP contribution in [-0.2, 0) is 0 Å². The van der Waals surface area contributed by atoms with E-state index in [2.05, 4.69) is 67.0 Å². The second-order valence-electron chi connectivity index (χ2n) is 5.84. The van der Waals surface area contributed by atoms with Crippen LogP contribution in [0.4, 0.5) is 0 Å². The zero-order valence-electron chi connectivity index (χ0n) is 12.2. The molecule has 3 rings (SSSR count). The Kier molecular flexibility index (Phi) is 4.17. The van der Waals surface area contributed by atoms with Crippen molar-refractivity contribution >= 4 is 0 Å². The summed E-state index contributed by atoms with van der Waals surface area (Å²) in [6, 6.07) is 20.5. The molecule has 2 aromatic rings. The molecular weight excluding hydrogens is 242 g/mol. The van der Waals surface area contributed by atoms with Crippen molar-refractivity contribution in [2.24, 2.45) is 0 Å². The molecule has 1 fully saturated rings. The van der Waals surface area contributed by atoms with Crippen LogP contribution in [0.15, 0.2) is 54.6 Å². The first kappa shape index (κ1) is 13.4. The van der Waals surface area contributed by atoms with Gasteiger partial charge in [-0.15, -0.1) is 0 Å². The summed E-state index contributed by atoms with van der Waals surface area (Å²) in [6.07, 6.45) is 5.29. The predicted octanol–water partition coefficient (Wildman–Crippen LogP) is 4.60. The predicted molar refractivity (Wildman–Crippen MR) is 85.9 cm³/mol. The molecule has 0 bridgehead atoms. The van der Waals surface area contributed by atoms with Gasteiger partial charge in [-0.3, -0.25) is 0 Å². The molecule has 2 atom stereocenters. The number of nitrogens with one attached hydrogen (secondary N) is 1. The number of benzene rings is 2. The fraction of sp³-hybridized carbons (Fsp3) is 0.368. The van der Waals surface area contributed by atoms with Gasteiger partial charge in [0.25, 0.3) is 0 Å². The molecule has 2 aromatic carbocycles. The van der Waals surface area contributed by atoms with E-state index in [1.165, 1.54) is 42.4 Å². The third-order valence-corrected chi connectivity index (χ3v) is 4.57. The maximum atomic E-state index is 3.44. The third-order valence-electron chi connectivity index (χ3n) is 4.57. The van der Waals surface area contributed by atoms with Gasteiger partial charge in [0.1, 0.15) is 0 Å². The molecule has 0 aromatic heterocycles. The van der Waals surface area contributed by atoms with Crippen LogP contribution in [0.2, 0.25) is 0 Å². The highest BCUT2D eigenvalue weighted by Gasteiger charge is 2.21. The van der Waals surface area contributed by atoms with E-state index in [0.29, 0.717) is 6.04 Å². The van der Waals surface area contributed by atoms with Crippen LogP contribution in [0.5, 0.6) is 0 Å². The molecule has 0 heterocycles. The van der Waals surface area contributed by atoms with Gasteiger partial charge in [-0.2, -0.15) is 0 Å². The maximum absolute atomic E-state index is 3.44. The summed E-state index contributed by atoms with van der Waals surface area (Å²) < 4.78 is 0. The Morgan fingerprint density at radius 1 is 0.850 bits per heavy atom. The Labute approximate surface area is 122 Å². The van der Waals surface area contributed by atoms with Crippen molar-refractivity contribution < 1.29 is 0 Å². The minimum atomic E-state index is 0.697. The molecule has 1 aliphatic rings. The topological polar surface area (TPSA) is 12.0 Å². The van der Waals surface area contributed by atoms with E-state index in [0.717, 1.165) is 5.92 Å². The Morgan fingerprint density at radius 3 is 2.25 bits per heavy atom. The van der Waals surface area contributed by atoms with Gasteiger partial charge in [-0.1, -0.05) is 61.0 Å². The lowest BCUT2D eigenvalue weighted by molar-refractivity contribution is 0.355. The Balaban J connectivity index is 1.76. The van der Waals surface area contributed by atoms with Gasteiger partial charge in [0.15, 0.2) is 0 Å². The first-order valence-electron chi connectivity index (χ1n) is 7.69. The summed E-state index contributed by atoms with van der Waals surface area (Å²) in [5.41, 5.74) is 4.12. The van der Waals surface area contributed by atoms with Crippen molar-refractivity contribution in [1.29, 1.82) is 0 Å². The number of rotatable bonds is 3. The highest BCUT2D eigenvalue weighted by Crippen LogP contribution is 2.33. The molecule has 0 spiro atoms. The van der Waals surface area contributed by atoms with E-state index in [4.69, 9.17) is 0 Å². The van der Waals surface area contributed by atoms with Gasteiger partial charge < -0.3 is 5.32 Å². The van der Waals surface area contributed by atoms with Crippen molar-refractivity contribution in [2.45, 2.75) is 37.6 Å². The summed E-state index contributed by atoms with van der Waals surface area (Å²) in [6.45, 7) is 0. The van der Waals surface area contributed by atoms with Crippen LogP contribution in [0.25, 0.3) is 11.1 Å². The minimum Gasteiger partial charge on any atom is -0.317 e. The van der Waals surface area contributed by atoms with Crippen LogP contribution in [0, 0.1) is 0 Å². The molecule has 1 aliphatic carbocycles. The Hall–Kier alpha value is -1.60. The van der Waals surface area contributed by atoms with Crippen molar-refractivity contribution in [1.82, 2.24) is 5.32 Å². The second kappa shape index (κ2) is 6.23. The van der Waals surface area contributed by atoms with Crippen LogP contribution >= 0.6 is 0 Å². The quantitative estimate of drug-likeness (QED) is 0.855. The summed E-state index contributed by atoms with van der Waals surface area (Å²) in [5.74, 6) is 0.728. The summed E-state index contributed by atoms with van der Waals surface area (Å²) in [5, 5.41) is 3.44. The average molecular weight is 265 g/mol. The zero-order valence-corrected chi connectivity index (χ0v) is 12.2. The van der Waals surface area contributed by atoms with Crippen molar-refractivity contribution in [3.05, 3.63) is 60.2 Å². The van der Waals surface area contributed by atoms with Crippen molar-refractivity contribution in [3.63, 3.8) is 0 Å². The van der Waals surface area contributed by atoms with Gasteiger partial charge >= 0.3 is 0 Å². The van der Waals surface area contributed by atoms with Crippen LogP contribution in [0.1, 0.15) is 37.2 Å². The molecule has 0 aliphatic heterocycles. The summed E-state index contributed by atoms with van der Waals surface area (Å²) in [4.78, 5) is 0. The molecule has 104 valence electrons. The minimum absolute atomic E-state index is 0.697. The summed E-state index contributed by atoms with van der Waals surface area (Å²) in [7, 11) is 2.09. The van der Waals surface area contributed by atoms with E-state index in [1.807, 2.05) is 0 Å². The van der Waals surface area contributed by atoms with E-state index >= 15 is 0 Å². The highest BCUT2D eigenvalue weighted by molar-refractivity contribution is 5.63. The van der Waals surface area contributed by atoms with Crippen LogP contribution in [-0.4, -0.2) is 13.1 Å². The standard InChI is InChI=1S/C19H23N/c1-20-19-9-5-8-18(14-19)17-12-10-16(11-13-17)15-6-3-2-4-7-15/h2-4,6-7,10-13,18-20H,5,8-9,14H2,1H3. The molecular formula is C19H23N. The highest BCUT2D eigenvalue weighted by atomic mass is 14.9. The molecule has 1 saturated carbocycles. The average Bonchev–Trinajstić information content (AvgIpc) is 2.56. The summed E-state index contributed by atoms with van der Waals surface area (Å²) >= 11 is 0. The Morgan fingerprint density at radius 2 is 1.55 bits per heavy atom. The van der Waals surface area contributed by atoms with Gasteiger partial charge in [0.2, 0.25) is 0 Å². The van der Waals surface area contributed by atoms with E-state index < -0.39 is 0 Å². The zero-order chi connectivity index (χ0) is 13.8. The van der Waals surface area contributed by atoms with Gasteiger partial charge in [-0.25, -0.2) is 0 Å². The van der Waals surface area contributed by atoms with Crippen molar-refractivity contribution in [2.75, 3.05) is 7.05 Å². The second-order valence-corrected chi connectivity index (χ2v) is 5.84. The normalized spacial score (nSPS) is 22.6. The van der Waals surface area contributed by atoms with E-state index in [9.17, 15) is 0 Å². The lowest BCUT2D eigenvalue weighted by atomic mass is 9.81. The molecule has 0 saturated heterocycles. The first-order chi connectivity index (χ1) is 9.86. The fourth-order valence-electron chi connectivity index (χ4n) is 3.33. The third kappa shape index (κ3) is 2.94. The van der Waals surface area contributed by atoms with Gasteiger partial charge in [0, 0.05) is 6.04 Å². The molecule has 2 unspecified atom stereocenters. The number of hydrogen-bond donors (Lipinski definition) is 1. The SMILES string of the molecule is CNC1CCCC(c2ccc(-c3ccccc3)cc2)C1. The van der Waals surface area contributed by atoms with E-state index in [-0.39, 0.29) is 0 Å². The molecule has 20 heavy (non-hydrogen) atoms. The van der Waals surface area contributed by atoms with Crippen LogP contribution in [0.3, 0.4) is 0 Å². The van der Waals surface area contributed by atoms with E-state index in [1.54, 1.807) is 0 Å². The number of hydrogen-bond acceptors (Lipinski definition) is 1. The lowest BCUT2D eigenvalue weighted by Gasteiger charge is -2.29. The van der Waals surface area contributed by atoms with Crippen LogP contribution < -0.4 is 5.32 Å². The van der Waals surface area contributed by atoms with Gasteiger partial charge in [0.05, 0.1) is 0 Å². The van der Waals surface area contributed by atoms with Gasteiger partial charge in [-0.05, 0) is 48.9 Å². The smallest absolute Gasteiger partial charge is 0.00698 e. The molecule has 0 radical (unpaired) electrons.